The first-order chi connectivity index (χ1) is 9.32. The summed E-state index contributed by atoms with van der Waals surface area (Å²) in [6, 6.07) is 1.83. The molecule has 110 valence electrons. The Hall–Kier alpha value is -1.01. The number of halogens is 3. The highest BCUT2D eigenvalue weighted by atomic mass is 79.9. The molecule has 0 bridgehead atoms. The van der Waals surface area contributed by atoms with E-state index in [1.54, 1.807) is 0 Å². The van der Waals surface area contributed by atoms with Gasteiger partial charge in [0, 0.05) is 10.5 Å². The van der Waals surface area contributed by atoms with Gasteiger partial charge < -0.3 is 11.1 Å². The van der Waals surface area contributed by atoms with Gasteiger partial charge in [-0.1, -0.05) is 19.8 Å². The summed E-state index contributed by atoms with van der Waals surface area (Å²) >= 11 is 3.04. The van der Waals surface area contributed by atoms with Crippen LogP contribution in [0.1, 0.15) is 32.6 Å². The molecule has 0 heterocycles. The van der Waals surface area contributed by atoms with Crippen LogP contribution in [-0.4, -0.2) is 11.4 Å². The van der Waals surface area contributed by atoms with Gasteiger partial charge >= 0.3 is 0 Å². The number of nitrogens with two attached hydrogens (primary N) is 1. The molecule has 2 atom stereocenters. The van der Waals surface area contributed by atoms with Gasteiger partial charge in [-0.25, -0.2) is 8.78 Å². The number of hydrogen-bond donors (Lipinski definition) is 2. The Bertz CT molecular complexity index is 515. The molecule has 0 saturated heterocycles. The number of carbonyl (C=O) groups excluding carboxylic acids is 1. The van der Waals surface area contributed by atoms with Gasteiger partial charge in [0.25, 0.3) is 0 Å². The molecule has 20 heavy (non-hydrogen) atoms. The molecule has 0 spiro atoms. The van der Waals surface area contributed by atoms with E-state index in [-0.39, 0.29) is 10.2 Å². The largest absolute Gasteiger partial charge is 0.321 e. The van der Waals surface area contributed by atoms with Crippen LogP contribution in [0.3, 0.4) is 0 Å². The van der Waals surface area contributed by atoms with E-state index in [1.807, 2.05) is 6.92 Å². The van der Waals surface area contributed by atoms with Crippen molar-refractivity contribution in [3.8, 4) is 0 Å². The van der Waals surface area contributed by atoms with E-state index < -0.39 is 23.1 Å². The van der Waals surface area contributed by atoms with Crippen LogP contribution in [0.4, 0.5) is 14.5 Å². The van der Waals surface area contributed by atoms with Crippen LogP contribution in [0.15, 0.2) is 16.6 Å². The lowest BCUT2D eigenvalue weighted by Crippen LogP contribution is -2.53. The molecule has 1 aliphatic carbocycles. The maximum absolute atomic E-state index is 13.7. The summed E-state index contributed by atoms with van der Waals surface area (Å²) in [7, 11) is 0. The van der Waals surface area contributed by atoms with Crippen molar-refractivity contribution in [2.24, 2.45) is 11.7 Å². The fourth-order valence-electron chi connectivity index (χ4n) is 2.70. The van der Waals surface area contributed by atoms with Crippen LogP contribution in [0.25, 0.3) is 0 Å². The minimum absolute atomic E-state index is 0.0700. The number of carbonyl (C=O) groups is 1. The van der Waals surface area contributed by atoms with E-state index in [2.05, 4.69) is 21.2 Å². The van der Waals surface area contributed by atoms with Gasteiger partial charge in [-0.2, -0.15) is 0 Å². The maximum atomic E-state index is 13.7. The lowest BCUT2D eigenvalue weighted by Gasteiger charge is -2.35. The second-order valence-corrected chi connectivity index (χ2v) is 6.41. The van der Waals surface area contributed by atoms with Crippen LogP contribution in [0, 0.1) is 17.6 Å². The average Bonchev–Trinajstić information content (AvgIpc) is 2.33. The van der Waals surface area contributed by atoms with Crippen molar-refractivity contribution in [1.29, 1.82) is 0 Å². The summed E-state index contributed by atoms with van der Waals surface area (Å²) < 4.78 is 26.9. The number of benzene rings is 1. The van der Waals surface area contributed by atoms with Gasteiger partial charge in [-0.3, -0.25) is 4.79 Å². The Morgan fingerprint density at radius 2 is 2.20 bits per heavy atom. The third-order valence-corrected chi connectivity index (χ3v) is 4.36. The van der Waals surface area contributed by atoms with E-state index in [0.717, 1.165) is 25.0 Å². The molecule has 0 aromatic heterocycles. The Balaban J connectivity index is 2.20. The summed E-state index contributed by atoms with van der Waals surface area (Å²) in [5.41, 5.74) is 5.09. The molecule has 3 nitrogen and oxygen atoms in total. The van der Waals surface area contributed by atoms with Gasteiger partial charge in [0.05, 0.1) is 11.2 Å². The first-order valence-electron chi connectivity index (χ1n) is 6.57. The van der Waals surface area contributed by atoms with Crippen molar-refractivity contribution in [2.75, 3.05) is 5.32 Å². The number of rotatable bonds is 2. The van der Waals surface area contributed by atoms with Crippen LogP contribution in [0.2, 0.25) is 0 Å². The molecule has 0 aliphatic heterocycles. The monoisotopic (exact) mass is 346 g/mol. The highest BCUT2D eigenvalue weighted by molar-refractivity contribution is 9.10. The minimum Gasteiger partial charge on any atom is -0.321 e. The predicted octanol–water partition coefficient (Wildman–Crippen LogP) is 3.57. The Labute approximate surface area is 125 Å². The molecule has 6 heteroatoms. The fraction of sp³-hybridized carbons (Fsp3) is 0.500. The molecule has 1 saturated carbocycles. The van der Waals surface area contributed by atoms with E-state index in [0.29, 0.717) is 18.8 Å². The summed E-state index contributed by atoms with van der Waals surface area (Å²) in [6.07, 6.45) is 3.06. The van der Waals surface area contributed by atoms with Crippen molar-refractivity contribution >= 4 is 27.5 Å². The molecule has 1 fully saturated rings. The van der Waals surface area contributed by atoms with Crippen molar-refractivity contribution in [3.63, 3.8) is 0 Å². The minimum atomic E-state index is -0.988. The molecule has 1 aromatic carbocycles. The van der Waals surface area contributed by atoms with Crippen molar-refractivity contribution in [3.05, 3.63) is 28.2 Å². The van der Waals surface area contributed by atoms with Gasteiger partial charge in [0.15, 0.2) is 5.82 Å². The van der Waals surface area contributed by atoms with Crippen LogP contribution < -0.4 is 11.1 Å². The number of hydrogen-bond acceptors (Lipinski definition) is 2. The maximum Gasteiger partial charge on any atom is 0.244 e. The van der Waals surface area contributed by atoms with Gasteiger partial charge in [0.1, 0.15) is 5.82 Å². The second kappa shape index (κ2) is 5.77. The zero-order valence-corrected chi connectivity index (χ0v) is 12.8. The van der Waals surface area contributed by atoms with E-state index in [9.17, 15) is 13.6 Å². The number of nitrogens with one attached hydrogen (secondary N) is 1. The third kappa shape index (κ3) is 3.17. The van der Waals surface area contributed by atoms with Gasteiger partial charge in [-0.05, 0) is 40.8 Å². The van der Waals surface area contributed by atoms with Gasteiger partial charge in [-0.15, -0.1) is 0 Å². The highest BCUT2D eigenvalue weighted by Gasteiger charge is 2.38. The molecular formula is C14H17BrF2N2O. The van der Waals surface area contributed by atoms with Crippen molar-refractivity contribution in [1.82, 2.24) is 0 Å². The topological polar surface area (TPSA) is 55.1 Å². The highest BCUT2D eigenvalue weighted by Crippen LogP contribution is 2.33. The predicted molar refractivity (Wildman–Crippen MR) is 77.2 cm³/mol. The van der Waals surface area contributed by atoms with Crippen LogP contribution in [0.5, 0.6) is 0 Å². The molecule has 1 aliphatic rings. The van der Waals surface area contributed by atoms with Crippen LogP contribution in [-0.2, 0) is 4.79 Å². The average molecular weight is 347 g/mol. The number of amides is 1. The zero-order valence-electron chi connectivity index (χ0n) is 11.2. The standard InChI is InChI=1S/C14H17BrF2N2O/c1-8-3-2-4-14(18,7-8)13(20)19-12-10(15)5-9(16)6-11(12)17/h5-6,8H,2-4,7,18H2,1H3,(H,19,20). The second-order valence-electron chi connectivity index (χ2n) is 5.56. The van der Waals surface area contributed by atoms with Gasteiger partial charge in [0.2, 0.25) is 5.91 Å². The third-order valence-electron chi connectivity index (χ3n) is 3.73. The zero-order chi connectivity index (χ0) is 14.9. The summed E-state index contributed by atoms with van der Waals surface area (Å²) in [6.45, 7) is 2.04. The SMILES string of the molecule is CC1CCCC(N)(C(=O)Nc2c(F)cc(F)cc2Br)C1. The van der Waals surface area contributed by atoms with Crippen LogP contribution >= 0.6 is 15.9 Å². The number of anilines is 1. The normalized spacial score (nSPS) is 26.4. The van der Waals surface area contributed by atoms with Crippen molar-refractivity contribution < 1.29 is 13.6 Å². The smallest absolute Gasteiger partial charge is 0.244 e. The Kier molecular flexibility index (Phi) is 4.44. The summed E-state index contributed by atoms with van der Waals surface area (Å²) in [4.78, 5) is 12.3. The molecular weight excluding hydrogens is 330 g/mol. The van der Waals surface area contributed by atoms with E-state index >= 15 is 0 Å². The summed E-state index contributed by atoms with van der Waals surface area (Å²) in [5.74, 6) is -1.59. The quantitative estimate of drug-likeness (QED) is 0.859. The lowest BCUT2D eigenvalue weighted by molar-refractivity contribution is -0.122. The molecule has 0 radical (unpaired) electrons. The lowest BCUT2D eigenvalue weighted by atomic mass is 9.76. The molecule has 2 unspecified atom stereocenters. The first kappa shape index (κ1) is 15.4. The first-order valence-corrected chi connectivity index (χ1v) is 7.36. The fourth-order valence-corrected chi connectivity index (χ4v) is 3.20. The molecule has 1 amide bonds. The Morgan fingerprint density at radius 1 is 1.50 bits per heavy atom. The molecule has 2 rings (SSSR count). The molecule has 3 N–H and O–H groups in total. The van der Waals surface area contributed by atoms with Crippen molar-refractivity contribution in [2.45, 2.75) is 38.1 Å². The summed E-state index contributed by atoms with van der Waals surface area (Å²) in [5, 5.41) is 2.48. The Morgan fingerprint density at radius 3 is 2.80 bits per heavy atom. The van der Waals surface area contributed by atoms with E-state index in [1.165, 1.54) is 0 Å². The molecule has 1 aromatic rings. The van der Waals surface area contributed by atoms with E-state index in [4.69, 9.17) is 5.73 Å².